The van der Waals surface area contributed by atoms with E-state index in [4.69, 9.17) is 14.5 Å². The van der Waals surface area contributed by atoms with Crippen LogP contribution in [0, 0.1) is 0 Å². The highest BCUT2D eigenvalue weighted by molar-refractivity contribution is 5.71. The van der Waals surface area contributed by atoms with Gasteiger partial charge in [0.2, 0.25) is 0 Å². The quantitative estimate of drug-likeness (QED) is 0.788. The van der Waals surface area contributed by atoms with Gasteiger partial charge in [0, 0.05) is 24.2 Å². The highest BCUT2D eigenvalue weighted by Gasteiger charge is 2.27. The molecule has 0 aliphatic carbocycles. The van der Waals surface area contributed by atoms with Crippen molar-refractivity contribution >= 4 is 12.6 Å². The Morgan fingerprint density at radius 3 is 2.62 bits per heavy atom. The van der Waals surface area contributed by atoms with Crippen molar-refractivity contribution in [2.75, 3.05) is 6.54 Å². The molecule has 2 heterocycles. The summed E-state index contributed by atoms with van der Waals surface area (Å²) >= 11 is 0. The number of benzene rings is 1. The van der Waals surface area contributed by atoms with Crippen molar-refractivity contribution in [2.45, 2.75) is 39.3 Å². The maximum atomic E-state index is 12.3. The number of fused-ring (bicyclic) bond motifs is 1. The van der Waals surface area contributed by atoms with E-state index in [1.807, 2.05) is 51.1 Å². The Labute approximate surface area is 152 Å². The van der Waals surface area contributed by atoms with Gasteiger partial charge in [-0.3, -0.25) is 4.79 Å². The lowest BCUT2D eigenvalue weighted by molar-refractivity contribution is -0.120. The second-order valence-electron chi connectivity index (χ2n) is 7.17. The number of amides is 1. The average molecular weight is 354 g/mol. The van der Waals surface area contributed by atoms with Crippen molar-refractivity contribution in [1.29, 1.82) is 0 Å². The van der Waals surface area contributed by atoms with Gasteiger partial charge < -0.3 is 14.4 Å². The van der Waals surface area contributed by atoms with Gasteiger partial charge in [-0.1, -0.05) is 30.3 Å². The Balaban J connectivity index is 1.91. The van der Waals surface area contributed by atoms with Crippen LogP contribution < -0.4 is 4.74 Å². The molecule has 1 aliphatic rings. The fourth-order valence-electron chi connectivity index (χ4n) is 2.88. The molecule has 3 rings (SSSR count). The zero-order chi connectivity index (χ0) is 18.7. The van der Waals surface area contributed by atoms with Crippen LogP contribution in [0.3, 0.4) is 0 Å². The van der Waals surface area contributed by atoms with E-state index in [9.17, 15) is 9.59 Å². The smallest absolute Gasteiger partial charge is 0.410 e. The van der Waals surface area contributed by atoms with E-state index in [1.165, 1.54) is 0 Å². The first-order chi connectivity index (χ1) is 12.4. The van der Waals surface area contributed by atoms with Gasteiger partial charge in [-0.2, -0.15) is 0 Å². The van der Waals surface area contributed by atoms with Crippen LogP contribution in [0.4, 0.5) is 4.79 Å². The van der Waals surface area contributed by atoms with Gasteiger partial charge >= 0.3 is 6.09 Å². The molecule has 0 atom stereocenters. The zero-order valence-electron chi connectivity index (χ0n) is 15.2. The number of nitrogens with zero attached hydrogens (tertiary/aromatic N) is 2. The second-order valence-corrected chi connectivity index (χ2v) is 7.17. The van der Waals surface area contributed by atoms with Gasteiger partial charge in [0.15, 0.2) is 5.75 Å². The summed E-state index contributed by atoms with van der Waals surface area (Å²) in [5, 5.41) is 0. The topological polar surface area (TPSA) is 68.7 Å². The molecule has 1 aromatic heterocycles. The first kappa shape index (κ1) is 17.9. The Hall–Kier alpha value is -2.89. The highest BCUT2D eigenvalue weighted by Crippen LogP contribution is 2.32. The summed E-state index contributed by atoms with van der Waals surface area (Å²) in [5.41, 5.74) is 2.72. The van der Waals surface area contributed by atoms with E-state index >= 15 is 0 Å². The van der Waals surface area contributed by atoms with Crippen LogP contribution in [0.2, 0.25) is 0 Å². The minimum absolute atomic E-state index is 0.354. The van der Waals surface area contributed by atoms with E-state index < -0.39 is 5.60 Å². The molecule has 136 valence electrons. The molecule has 2 aromatic rings. The molecule has 1 amide bonds. The predicted molar refractivity (Wildman–Crippen MR) is 96.7 cm³/mol. The molecule has 0 saturated heterocycles. The molecule has 0 unspecified atom stereocenters. The summed E-state index contributed by atoms with van der Waals surface area (Å²) < 4.78 is 10.6. The molecule has 1 aliphatic heterocycles. The molecule has 0 saturated carbocycles. The summed E-state index contributed by atoms with van der Waals surface area (Å²) in [4.78, 5) is 29.6. The van der Waals surface area contributed by atoms with E-state index in [2.05, 4.69) is 0 Å². The summed E-state index contributed by atoms with van der Waals surface area (Å²) in [6.45, 7) is 6.83. The fraction of sp³-hybridized carbons (Fsp3) is 0.350. The lowest BCUT2D eigenvalue weighted by Crippen LogP contribution is -2.40. The molecule has 0 N–H and O–H groups in total. The number of hydrogen-bond acceptors (Lipinski definition) is 5. The van der Waals surface area contributed by atoms with E-state index in [0.29, 0.717) is 37.4 Å². The standard InChI is InChI=1S/C20H22N2O4/c1-20(2,3)26-19(24)22-10-9-16-15(12-22)11-17(25-13-23)18(21-16)14-7-5-4-6-8-14/h4-8,11,13H,9-10,12H2,1-3H3. The predicted octanol–water partition coefficient (Wildman–Crippen LogP) is 3.58. The maximum absolute atomic E-state index is 12.3. The molecule has 0 radical (unpaired) electrons. The molecular formula is C20H22N2O4. The molecule has 0 fully saturated rings. The van der Waals surface area contributed by atoms with Crippen molar-refractivity contribution in [2.24, 2.45) is 0 Å². The number of hydrogen-bond donors (Lipinski definition) is 0. The third kappa shape index (κ3) is 4.02. The zero-order valence-corrected chi connectivity index (χ0v) is 15.2. The Kier molecular flexibility index (Phi) is 4.93. The van der Waals surface area contributed by atoms with Crippen LogP contribution in [-0.2, 0) is 22.5 Å². The fourth-order valence-corrected chi connectivity index (χ4v) is 2.88. The van der Waals surface area contributed by atoms with Crippen molar-refractivity contribution in [1.82, 2.24) is 9.88 Å². The highest BCUT2D eigenvalue weighted by atomic mass is 16.6. The second kappa shape index (κ2) is 7.15. The number of ether oxygens (including phenoxy) is 2. The normalized spacial score (nSPS) is 13.7. The monoisotopic (exact) mass is 354 g/mol. The summed E-state index contributed by atoms with van der Waals surface area (Å²) in [6, 6.07) is 11.4. The van der Waals surface area contributed by atoms with Crippen LogP contribution >= 0.6 is 0 Å². The van der Waals surface area contributed by atoms with E-state index in [1.54, 1.807) is 11.0 Å². The van der Waals surface area contributed by atoms with Gasteiger partial charge in [-0.25, -0.2) is 9.78 Å². The van der Waals surface area contributed by atoms with E-state index in [0.717, 1.165) is 16.8 Å². The molecule has 26 heavy (non-hydrogen) atoms. The molecule has 0 bridgehead atoms. The largest absolute Gasteiger partial charge is 0.444 e. The van der Waals surface area contributed by atoms with Crippen LogP contribution in [0.25, 0.3) is 11.3 Å². The van der Waals surface area contributed by atoms with Crippen LogP contribution in [0.5, 0.6) is 5.75 Å². The number of pyridine rings is 1. The summed E-state index contributed by atoms with van der Waals surface area (Å²) in [5.74, 6) is 0.385. The summed E-state index contributed by atoms with van der Waals surface area (Å²) in [6.07, 6.45) is 0.267. The van der Waals surface area contributed by atoms with Gasteiger partial charge in [-0.15, -0.1) is 0 Å². The van der Waals surface area contributed by atoms with Crippen LogP contribution in [0.1, 0.15) is 32.0 Å². The first-order valence-corrected chi connectivity index (χ1v) is 8.54. The average Bonchev–Trinajstić information content (AvgIpc) is 2.60. The van der Waals surface area contributed by atoms with Gasteiger partial charge in [0.25, 0.3) is 6.47 Å². The molecular weight excluding hydrogens is 332 g/mol. The number of rotatable bonds is 3. The SMILES string of the molecule is CC(C)(C)OC(=O)N1CCc2nc(-c3ccccc3)c(OC=O)cc2C1. The van der Waals surface area contributed by atoms with Crippen molar-refractivity contribution in [3.63, 3.8) is 0 Å². The number of aromatic nitrogens is 1. The number of carbonyl (C=O) groups is 2. The molecule has 1 aromatic carbocycles. The first-order valence-electron chi connectivity index (χ1n) is 8.54. The molecule has 0 spiro atoms. The Morgan fingerprint density at radius 1 is 1.23 bits per heavy atom. The van der Waals surface area contributed by atoms with Crippen molar-refractivity contribution in [3.8, 4) is 17.0 Å². The van der Waals surface area contributed by atoms with Gasteiger partial charge in [0.05, 0.1) is 6.54 Å². The Bertz CT molecular complexity index is 813. The third-order valence-corrected chi connectivity index (χ3v) is 4.01. The maximum Gasteiger partial charge on any atom is 0.410 e. The van der Waals surface area contributed by atoms with Crippen molar-refractivity contribution in [3.05, 3.63) is 47.7 Å². The lowest BCUT2D eigenvalue weighted by Gasteiger charge is -2.31. The lowest BCUT2D eigenvalue weighted by atomic mass is 10.0. The summed E-state index contributed by atoms with van der Waals surface area (Å²) in [7, 11) is 0. The van der Waals surface area contributed by atoms with Crippen molar-refractivity contribution < 1.29 is 19.1 Å². The Morgan fingerprint density at radius 2 is 1.96 bits per heavy atom. The van der Waals surface area contributed by atoms with Gasteiger partial charge in [-0.05, 0) is 32.4 Å². The minimum atomic E-state index is -0.543. The molecule has 6 heteroatoms. The molecule has 6 nitrogen and oxygen atoms in total. The van der Waals surface area contributed by atoms with Crippen LogP contribution in [-0.4, -0.2) is 34.6 Å². The minimum Gasteiger partial charge on any atom is -0.444 e. The van der Waals surface area contributed by atoms with Gasteiger partial charge in [0.1, 0.15) is 11.3 Å². The van der Waals surface area contributed by atoms with Crippen LogP contribution in [0.15, 0.2) is 36.4 Å². The number of carbonyl (C=O) groups excluding carboxylic acids is 2. The third-order valence-electron chi connectivity index (χ3n) is 4.01. The van der Waals surface area contributed by atoms with E-state index in [-0.39, 0.29) is 6.09 Å².